The minimum absolute atomic E-state index is 0.312. The summed E-state index contributed by atoms with van der Waals surface area (Å²) in [4.78, 5) is 18.0. The molecular weight excluding hydrogens is 316 g/mol. The van der Waals surface area contributed by atoms with Crippen LogP contribution in [0.5, 0.6) is 0 Å². The van der Waals surface area contributed by atoms with E-state index in [1.807, 2.05) is 6.20 Å². The van der Waals surface area contributed by atoms with Crippen LogP contribution in [0, 0.1) is 6.92 Å². The van der Waals surface area contributed by atoms with E-state index in [1.54, 1.807) is 12.3 Å². The molecule has 1 aliphatic rings. The Kier molecular flexibility index (Phi) is 5.18. The summed E-state index contributed by atoms with van der Waals surface area (Å²) < 4.78 is 2.13. The Morgan fingerprint density at radius 2 is 2.00 bits per heavy atom. The van der Waals surface area contributed by atoms with E-state index in [-0.39, 0.29) is 0 Å². The monoisotopic (exact) mass is 342 g/mol. The molecule has 0 amide bonds. The Morgan fingerprint density at radius 3 is 2.64 bits per heavy atom. The van der Waals surface area contributed by atoms with Crippen molar-refractivity contribution in [3.63, 3.8) is 0 Å². The highest BCUT2D eigenvalue weighted by atomic mass is 16.4. The quantitative estimate of drug-likeness (QED) is 0.904. The molecule has 2 aromatic heterocycles. The Morgan fingerprint density at radius 1 is 1.28 bits per heavy atom. The van der Waals surface area contributed by atoms with E-state index in [0.717, 1.165) is 42.8 Å². The standard InChI is InChI=1S/C19H26N4O2/c1-13(2)22-8-5-17(6-9-22)23-14(3)15(12-21-23)10-16-11-20-7-4-18(16)19(24)25/h4,7,11-13,17H,5-6,8-10H2,1-3H3,(H,24,25). The molecule has 0 atom stereocenters. The van der Waals surface area contributed by atoms with Gasteiger partial charge in [-0.25, -0.2) is 4.79 Å². The number of rotatable bonds is 5. The normalized spacial score (nSPS) is 16.5. The molecule has 0 aromatic carbocycles. The zero-order chi connectivity index (χ0) is 18.0. The van der Waals surface area contributed by atoms with Gasteiger partial charge in [-0.05, 0) is 50.8 Å². The minimum Gasteiger partial charge on any atom is -0.478 e. The number of pyridine rings is 1. The van der Waals surface area contributed by atoms with Crippen LogP contribution in [0.2, 0.25) is 0 Å². The summed E-state index contributed by atoms with van der Waals surface area (Å²) in [5.41, 5.74) is 3.24. The van der Waals surface area contributed by atoms with Crippen LogP contribution in [0.25, 0.3) is 0 Å². The van der Waals surface area contributed by atoms with E-state index in [1.165, 1.54) is 6.20 Å². The molecule has 0 saturated carbocycles. The first-order chi connectivity index (χ1) is 12.0. The van der Waals surface area contributed by atoms with Crippen molar-refractivity contribution in [2.75, 3.05) is 13.1 Å². The van der Waals surface area contributed by atoms with Crippen molar-refractivity contribution in [3.05, 3.63) is 47.0 Å². The fourth-order valence-corrected chi connectivity index (χ4v) is 3.63. The molecule has 0 spiro atoms. The summed E-state index contributed by atoms with van der Waals surface area (Å²) in [6.45, 7) is 8.76. The number of piperidine rings is 1. The van der Waals surface area contributed by atoms with E-state index in [2.05, 4.69) is 40.4 Å². The van der Waals surface area contributed by atoms with Crippen LogP contribution >= 0.6 is 0 Å². The van der Waals surface area contributed by atoms with Crippen LogP contribution in [0.1, 0.15) is 59.9 Å². The van der Waals surface area contributed by atoms with Gasteiger partial charge in [-0.2, -0.15) is 5.10 Å². The summed E-state index contributed by atoms with van der Waals surface area (Å²) in [5.74, 6) is -0.913. The second kappa shape index (κ2) is 7.35. The van der Waals surface area contributed by atoms with Crippen LogP contribution in [0.15, 0.2) is 24.7 Å². The van der Waals surface area contributed by atoms with Gasteiger partial charge in [0.25, 0.3) is 0 Å². The third kappa shape index (κ3) is 3.74. The lowest BCUT2D eigenvalue weighted by Crippen LogP contribution is -2.39. The van der Waals surface area contributed by atoms with Gasteiger partial charge in [0.2, 0.25) is 0 Å². The predicted octanol–water partition coefficient (Wildman–Crippen LogP) is 2.92. The lowest BCUT2D eigenvalue weighted by molar-refractivity contribution is 0.0695. The van der Waals surface area contributed by atoms with Gasteiger partial charge >= 0.3 is 5.97 Å². The second-order valence-electron chi connectivity index (χ2n) is 7.08. The fourth-order valence-electron chi connectivity index (χ4n) is 3.63. The van der Waals surface area contributed by atoms with Gasteiger partial charge in [-0.15, -0.1) is 0 Å². The Balaban J connectivity index is 1.75. The largest absolute Gasteiger partial charge is 0.478 e. The van der Waals surface area contributed by atoms with Gasteiger partial charge < -0.3 is 10.0 Å². The van der Waals surface area contributed by atoms with Gasteiger partial charge in [0.15, 0.2) is 0 Å². The molecule has 0 unspecified atom stereocenters. The molecule has 3 rings (SSSR count). The minimum atomic E-state index is -0.913. The molecule has 1 saturated heterocycles. The molecule has 0 bridgehead atoms. The Bertz CT molecular complexity index is 746. The van der Waals surface area contributed by atoms with Gasteiger partial charge in [-0.1, -0.05) is 0 Å². The number of carbonyl (C=O) groups is 1. The van der Waals surface area contributed by atoms with Crippen LogP contribution in [-0.4, -0.2) is 49.9 Å². The van der Waals surface area contributed by atoms with Crippen molar-refractivity contribution in [3.8, 4) is 0 Å². The average molecular weight is 342 g/mol. The molecule has 0 aliphatic carbocycles. The third-order valence-electron chi connectivity index (χ3n) is 5.24. The van der Waals surface area contributed by atoms with Gasteiger partial charge in [0.05, 0.1) is 17.8 Å². The highest BCUT2D eigenvalue weighted by Crippen LogP contribution is 2.26. The summed E-state index contributed by atoms with van der Waals surface area (Å²) in [7, 11) is 0. The number of carboxylic acid groups (broad SMARTS) is 1. The predicted molar refractivity (Wildman–Crippen MR) is 95.9 cm³/mol. The maximum Gasteiger partial charge on any atom is 0.336 e. The molecule has 134 valence electrons. The lowest BCUT2D eigenvalue weighted by atomic mass is 10.0. The fraction of sp³-hybridized carbons (Fsp3) is 0.526. The van der Waals surface area contributed by atoms with Crippen molar-refractivity contribution >= 4 is 5.97 Å². The molecule has 1 aliphatic heterocycles. The van der Waals surface area contributed by atoms with E-state index in [0.29, 0.717) is 24.1 Å². The van der Waals surface area contributed by atoms with E-state index in [4.69, 9.17) is 0 Å². The molecule has 3 heterocycles. The Labute approximate surface area is 148 Å². The maximum atomic E-state index is 11.4. The summed E-state index contributed by atoms with van der Waals surface area (Å²) >= 11 is 0. The van der Waals surface area contributed by atoms with Gasteiger partial charge in [0, 0.05) is 43.6 Å². The summed E-state index contributed by atoms with van der Waals surface area (Å²) in [6.07, 6.45) is 7.79. The topological polar surface area (TPSA) is 71.2 Å². The summed E-state index contributed by atoms with van der Waals surface area (Å²) in [5, 5.41) is 13.9. The van der Waals surface area contributed by atoms with Gasteiger partial charge in [0.1, 0.15) is 0 Å². The molecule has 1 fully saturated rings. The molecule has 0 radical (unpaired) electrons. The van der Waals surface area contributed by atoms with Crippen LogP contribution in [-0.2, 0) is 6.42 Å². The number of nitrogens with zero attached hydrogens (tertiary/aromatic N) is 4. The molecule has 1 N–H and O–H groups in total. The zero-order valence-electron chi connectivity index (χ0n) is 15.1. The smallest absolute Gasteiger partial charge is 0.336 e. The number of hydrogen-bond acceptors (Lipinski definition) is 4. The van der Waals surface area contributed by atoms with E-state index >= 15 is 0 Å². The van der Waals surface area contributed by atoms with Gasteiger partial charge in [-0.3, -0.25) is 9.67 Å². The van der Waals surface area contributed by atoms with Crippen molar-refractivity contribution in [2.45, 2.75) is 52.1 Å². The van der Waals surface area contributed by atoms with Crippen LogP contribution in [0.3, 0.4) is 0 Å². The van der Waals surface area contributed by atoms with E-state index < -0.39 is 5.97 Å². The SMILES string of the molecule is Cc1c(Cc2cnccc2C(=O)O)cnn1C1CCN(C(C)C)CC1. The Hall–Kier alpha value is -2.21. The molecule has 6 heteroatoms. The number of hydrogen-bond donors (Lipinski definition) is 1. The maximum absolute atomic E-state index is 11.4. The first-order valence-corrected chi connectivity index (χ1v) is 8.90. The number of aromatic carboxylic acids is 1. The number of carboxylic acids is 1. The average Bonchev–Trinajstić information content (AvgIpc) is 2.96. The molecule has 2 aromatic rings. The number of aromatic nitrogens is 3. The highest BCUT2D eigenvalue weighted by molar-refractivity contribution is 5.89. The lowest BCUT2D eigenvalue weighted by Gasteiger charge is -2.35. The highest BCUT2D eigenvalue weighted by Gasteiger charge is 2.24. The van der Waals surface area contributed by atoms with Crippen molar-refractivity contribution in [1.29, 1.82) is 0 Å². The molecule has 6 nitrogen and oxygen atoms in total. The molecular formula is C19H26N4O2. The van der Waals surface area contributed by atoms with Crippen molar-refractivity contribution < 1.29 is 9.90 Å². The van der Waals surface area contributed by atoms with E-state index in [9.17, 15) is 9.90 Å². The number of likely N-dealkylation sites (tertiary alicyclic amines) is 1. The van der Waals surface area contributed by atoms with Crippen LogP contribution in [0.4, 0.5) is 0 Å². The first kappa shape index (κ1) is 17.6. The summed E-state index contributed by atoms with van der Waals surface area (Å²) in [6, 6.07) is 2.57. The second-order valence-corrected chi connectivity index (χ2v) is 7.08. The third-order valence-corrected chi connectivity index (χ3v) is 5.24. The first-order valence-electron chi connectivity index (χ1n) is 8.90. The van der Waals surface area contributed by atoms with Crippen LogP contribution < -0.4 is 0 Å². The zero-order valence-corrected chi connectivity index (χ0v) is 15.1. The molecule has 25 heavy (non-hydrogen) atoms. The van der Waals surface area contributed by atoms with Crippen molar-refractivity contribution in [1.82, 2.24) is 19.7 Å². The van der Waals surface area contributed by atoms with Crippen molar-refractivity contribution in [2.24, 2.45) is 0 Å².